The van der Waals surface area contributed by atoms with Crippen molar-refractivity contribution in [1.29, 1.82) is 0 Å². The Labute approximate surface area is 183 Å². The van der Waals surface area contributed by atoms with Gasteiger partial charge in [-0.2, -0.15) is 0 Å². The first-order valence-electron chi connectivity index (χ1n) is 10.5. The van der Waals surface area contributed by atoms with Gasteiger partial charge >= 0.3 is 5.97 Å². The first kappa shape index (κ1) is 22.3. The first-order valence-corrected chi connectivity index (χ1v) is 10.5. The van der Waals surface area contributed by atoms with Crippen LogP contribution >= 0.6 is 0 Å². The van der Waals surface area contributed by atoms with E-state index < -0.39 is 5.97 Å². The number of rotatable bonds is 10. The van der Waals surface area contributed by atoms with Gasteiger partial charge in [0, 0.05) is 12.5 Å². The van der Waals surface area contributed by atoms with Crippen molar-refractivity contribution in [1.82, 2.24) is 0 Å². The molecule has 0 spiro atoms. The molecule has 3 aromatic rings. The molecule has 0 saturated heterocycles. The van der Waals surface area contributed by atoms with Gasteiger partial charge in [0.1, 0.15) is 12.4 Å². The van der Waals surface area contributed by atoms with Gasteiger partial charge in [0.05, 0.1) is 13.2 Å². The van der Waals surface area contributed by atoms with Gasteiger partial charge in [-0.3, -0.25) is 0 Å². The zero-order valence-electron chi connectivity index (χ0n) is 17.8. The smallest absolute Gasteiger partial charge is 0.330 e. The minimum Gasteiger partial charge on any atom is -0.491 e. The Bertz CT molecular complexity index is 1020. The Morgan fingerprint density at radius 2 is 1.68 bits per heavy atom. The lowest BCUT2D eigenvalue weighted by atomic mass is 9.92. The number of hydrogen-bond acceptors (Lipinski definition) is 4. The molecule has 0 aromatic heterocycles. The second kappa shape index (κ2) is 11.1. The number of carbonyl (C=O) groups excluding carboxylic acids is 1. The van der Waals surface area contributed by atoms with E-state index in [1.54, 1.807) is 0 Å². The van der Waals surface area contributed by atoms with Crippen LogP contribution in [-0.2, 0) is 22.4 Å². The van der Waals surface area contributed by atoms with Crippen LogP contribution in [0.15, 0.2) is 79.4 Å². The Morgan fingerprint density at radius 1 is 0.935 bits per heavy atom. The fourth-order valence-corrected chi connectivity index (χ4v) is 3.54. The van der Waals surface area contributed by atoms with E-state index >= 15 is 0 Å². The van der Waals surface area contributed by atoms with E-state index in [9.17, 15) is 4.79 Å². The van der Waals surface area contributed by atoms with Gasteiger partial charge in [-0.1, -0.05) is 68.1 Å². The molecule has 0 bridgehead atoms. The SMILES string of the molecule is C=CC(=O)OCCc1cc(-c2ccc(-c3ccccc3)cc2CC)ccc1OCCO. The summed E-state index contributed by atoms with van der Waals surface area (Å²) in [6.07, 6.45) is 2.57. The molecule has 0 amide bonds. The van der Waals surface area contributed by atoms with E-state index in [1.165, 1.54) is 22.3 Å². The molecule has 0 aliphatic carbocycles. The van der Waals surface area contributed by atoms with Crippen LogP contribution < -0.4 is 4.74 Å². The van der Waals surface area contributed by atoms with E-state index in [1.807, 2.05) is 30.3 Å². The highest BCUT2D eigenvalue weighted by Crippen LogP contribution is 2.32. The maximum absolute atomic E-state index is 11.4. The standard InChI is InChI=1S/C27H28O4/c1-3-20-18-22(21-8-6-5-7-9-21)10-12-25(20)23-11-13-26(30-17-15-28)24(19-23)14-16-31-27(29)4-2/h4-13,18-19,28H,2-3,14-17H2,1H3. The van der Waals surface area contributed by atoms with Crippen molar-refractivity contribution in [2.75, 3.05) is 19.8 Å². The van der Waals surface area contributed by atoms with Gasteiger partial charge in [0.2, 0.25) is 0 Å². The maximum atomic E-state index is 11.4. The Balaban J connectivity index is 1.92. The van der Waals surface area contributed by atoms with E-state index in [0.717, 1.165) is 23.6 Å². The molecule has 0 fully saturated rings. The summed E-state index contributed by atoms with van der Waals surface area (Å²) in [5.74, 6) is 0.241. The molecule has 0 atom stereocenters. The highest BCUT2D eigenvalue weighted by atomic mass is 16.5. The third-order valence-electron chi connectivity index (χ3n) is 5.10. The third kappa shape index (κ3) is 5.83. The summed E-state index contributed by atoms with van der Waals surface area (Å²) in [4.78, 5) is 11.4. The number of esters is 1. The molecule has 0 heterocycles. The predicted octanol–water partition coefficient (Wildman–Crippen LogP) is 5.23. The maximum Gasteiger partial charge on any atom is 0.330 e. The zero-order chi connectivity index (χ0) is 22.1. The van der Waals surface area contributed by atoms with Crippen molar-refractivity contribution in [3.05, 3.63) is 90.5 Å². The summed E-state index contributed by atoms with van der Waals surface area (Å²) in [5, 5.41) is 9.11. The molecule has 1 N–H and O–H groups in total. The average molecular weight is 417 g/mol. The van der Waals surface area contributed by atoms with Crippen LogP contribution in [0.5, 0.6) is 5.75 Å². The number of ether oxygens (including phenoxy) is 2. The summed E-state index contributed by atoms with van der Waals surface area (Å²) < 4.78 is 10.8. The van der Waals surface area contributed by atoms with Gasteiger partial charge in [-0.25, -0.2) is 4.79 Å². The normalized spacial score (nSPS) is 10.5. The van der Waals surface area contributed by atoms with Crippen molar-refractivity contribution in [3.63, 3.8) is 0 Å². The second-order valence-electron chi connectivity index (χ2n) is 7.11. The highest BCUT2D eigenvalue weighted by Gasteiger charge is 2.11. The molecular formula is C27H28O4. The predicted molar refractivity (Wildman–Crippen MR) is 124 cm³/mol. The third-order valence-corrected chi connectivity index (χ3v) is 5.10. The number of aliphatic hydroxyl groups is 1. The Kier molecular flexibility index (Phi) is 8.02. The lowest BCUT2D eigenvalue weighted by Crippen LogP contribution is -2.08. The number of hydrogen-bond donors (Lipinski definition) is 1. The molecule has 4 heteroatoms. The summed E-state index contributed by atoms with van der Waals surface area (Å²) in [6, 6.07) is 22.9. The molecule has 0 unspecified atom stereocenters. The molecule has 0 aliphatic rings. The van der Waals surface area contributed by atoms with E-state index in [2.05, 4.69) is 49.9 Å². The second-order valence-corrected chi connectivity index (χ2v) is 7.11. The largest absolute Gasteiger partial charge is 0.491 e. The van der Waals surface area contributed by atoms with Crippen LogP contribution in [0, 0.1) is 0 Å². The van der Waals surface area contributed by atoms with Gasteiger partial charge in [0.15, 0.2) is 0 Å². The summed E-state index contributed by atoms with van der Waals surface area (Å²) >= 11 is 0. The molecule has 31 heavy (non-hydrogen) atoms. The number of carbonyl (C=O) groups is 1. The van der Waals surface area contributed by atoms with Crippen molar-refractivity contribution in [2.24, 2.45) is 0 Å². The molecule has 4 nitrogen and oxygen atoms in total. The molecule has 0 aliphatic heterocycles. The molecule has 160 valence electrons. The Morgan fingerprint density at radius 3 is 2.39 bits per heavy atom. The zero-order valence-corrected chi connectivity index (χ0v) is 17.8. The fraction of sp³-hybridized carbons (Fsp3) is 0.222. The van der Waals surface area contributed by atoms with Crippen molar-refractivity contribution >= 4 is 5.97 Å². The minimum atomic E-state index is -0.446. The average Bonchev–Trinajstić information content (AvgIpc) is 2.83. The summed E-state index contributed by atoms with van der Waals surface area (Å²) in [5.41, 5.74) is 6.83. The summed E-state index contributed by atoms with van der Waals surface area (Å²) in [6.45, 7) is 5.96. The van der Waals surface area contributed by atoms with Gasteiger partial charge in [-0.05, 0) is 51.9 Å². The molecular weight excluding hydrogens is 388 g/mol. The van der Waals surface area contributed by atoms with Crippen LogP contribution in [-0.4, -0.2) is 30.9 Å². The molecule has 0 radical (unpaired) electrons. The van der Waals surface area contributed by atoms with Crippen LogP contribution in [0.1, 0.15) is 18.1 Å². The molecule has 3 aromatic carbocycles. The van der Waals surface area contributed by atoms with Gasteiger partial charge < -0.3 is 14.6 Å². The Hall–Kier alpha value is -3.37. The quantitative estimate of drug-likeness (QED) is 0.363. The van der Waals surface area contributed by atoms with Crippen molar-refractivity contribution in [3.8, 4) is 28.0 Å². The molecule has 0 saturated carbocycles. The van der Waals surface area contributed by atoms with E-state index in [4.69, 9.17) is 14.6 Å². The number of aliphatic hydroxyl groups excluding tert-OH is 1. The van der Waals surface area contributed by atoms with Crippen LogP contribution in [0.4, 0.5) is 0 Å². The summed E-state index contributed by atoms with van der Waals surface area (Å²) in [7, 11) is 0. The van der Waals surface area contributed by atoms with E-state index in [0.29, 0.717) is 12.2 Å². The van der Waals surface area contributed by atoms with Crippen LogP contribution in [0.2, 0.25) is 0 Å². The van der Waals surface area contributed by atoms with Gasteiger partial charge in [0.25, 0.3) is 0 Å². The van der Waals surface area contributed by atoms with E-state index in [-0.39, 0.29) is 19.8 Å². The molecule has 3 rings (SSSR count). The monoisotopic (exact) mass is 416 g/mol. The highest BCUT2D eigenvalue weighted by molar-refractivity contribution is 5.81. The van der Waals surface area contributed by atoms with Crippen molar-refractivity contribution < 1.29 is 19.4 Å². The van der Waals surface area contributed by atoms with Crippen LogP contribution in [0.3, 0.4) is 0 Å². The fourth-order valence-electron chi connectivity index (χ4n) is 3.54. The number of aryl methyl sites for hydroxylation is 1. The van der Waals surface area contributed by atoms with Crippen LogP contribution in [0.25, 0.3) is 22.3 Å². The minimum absolute atomic E-state index is 0.0619. The first-order chi connectivity index (χ1) is 15.2. The lowest BCUT2D eigenvalue weighted by Gasteiger charge is -2.15. The van der Waals surface area contributed by atoms with Crippen molar-refractivity contribution in [2.45, 2.75) is 19.8 Å². The lowest BCUT2D eigenvalue weighted by molar-refractivity contribution is -0.137. The van der Waals surface area contributed by atoms with Gasteiger partial charge in [-0.15, -0.1) is 0 Å². The number of benzene rings is 3. The topological polar surface area (TPSA) is 55.8 Å².